The van der Waals surface area contributed by atoms with Crippen LogP contribution in [0.25, 0.3) is 0 Å². The number of nitrogens with one attached hydrogen (secondary N) is 1. The second-order valence-corrected chi connectivity index (χ2v) is 10.5. The van der Waals surface area contributed by atoms with Crippen LogP contribution in [0.3, 0.4) is 0 Å². The molecule has 0 unspecified atom stereocenters. The van der Waals surface area contributed by atoms with Gasteiger partial charge in [0.2, 0.25) is 5.91 Å². The zero-order valence-corrected chi connectivity index (χ0v) is 20.0. The third-order valence-electron chi connectivity index (χ3n) is 7.50. The molecule has 184 valence electrons. The Kier molecular flexibility index (Phi) is 6.22. The summed E-state index contributed by atoms with van der Waals surface area (Å²) in [5, 5.41) is 13.7. The number of nitro groups is 1. The third kappa shape index (κ3) is 4.55. The fourth-order valence-electron chi connectivity index (χ4n) is 5.23. The lowest BCUT2D eigenvalue weighted by Gasteiger charge is -2.40. The Morgan fingerprint density at radius 2 is 1.82 bits per heavy atom. The number of urea groups is 1. The van der Waals surface area contributed by atoms with E-state index in [0.29, 0.717) is 50.8 Å². The summed E-state index contributed by atoms with van der Waals surface area (Å²) in [6, 6.07) is 2.51. The van der Waals surface area contributed by atoms with Crippen molar-refractivity contribution in [2.24, 2.45) is 11.3 Å². The Bertz CT molecular complexity index is 973. The van der Waals surface area contributed by atoms with Gasteiger partial charge < -0.3 is 15.1 Å². The summed E-state index contributed by atoms with van der Waals surface area (Å²) in [5.74, 6) is 0.562. The molecule has 4 rings (SSSR count). The number of hydrogen-bond donors (Lipinski definition) is 1. The van der Waals surface area contributed by atoms with E-state index in [1.54, 1.807) is 11.0 Å². The maximum atomic E-state index is 13.2. The summed E-state index contributed by atoms with van der Waals surface area (Å²) in [6.45, 7) is 8.20. The van der Waals surface area contributed by atoms with Gasteiger partial charge in [-0.15, -0.1) is 0 Å². The fourth-order valence-corrected chi connectivity index (χ4v) is 5.23. The largest absolute Gasteiger partial charge is 0.353 e. The van der Waals surface area contributed by atoms with Crippen molar-refractivity contribution >= 4 is 29.4 Å². The molecule has 34 heavy (non-hydrogen) atoms. The molecule has 1 N–H and O–H groups in total. The Labute approximate surface area is 198 Å². The van der Waals surface area contributed by atoms with Crippen LogP contribution < -0.4 is 10.2 Å². The molecule has 4 amide bonds. The number of nitrogens with zero attached hydrogens (tertiary/aromatic N) is 5. The highest BCUT2D eigenvalue weighted by atomic mass is 16.6. The molecule has 0 bridgehead atoms. The van der Waals surface area contributed by atoms with Gasteiger partial charge in [-0.25, -0.2) is 9.78 Å². The second-order valence-electron chi connectivity index (χ2n) is 10.5. The molecule has 3 fully saturated rings. The maximum Gasteiger partial charge on any atom is 0.325 e. The van der Waals surface area contributed by atoms with Gasteiger partial charge in [-0.1, -0.05) is 20.8 Å². The molecule has 3 aliphatic rings. The predicted octanol–water partition coefficient (Wildman–Crippen LogP) is 2.17. The van der Waals surface area contributed by atoms with Crippen molar-refractivity contribution in [1.82, 2.24) is 20.1 Å². The number of imide groups is 1. The average Bonchev–Trinajstić information content (AvgIpc) is 3.02. The van der Waals surface area contributed by atoms with Crippen molar-refractivity contribution in [3.05, 3.63) is 28.4 Å². The Balaban J connectivity index is 1.31. The lowest BCUT2D eigenvalue weighted by molar-refractivity contribution is -0.385. The Hall–Kier alpha value is -3.24. The SMILES string of the molecule is CC(C)(C)C1CCC2(CC1)NC(=O)N(CC(=O)N1CCN(c3ccc([N+](=O)[O-])cn3)CC1)C2=O. The smallest absolute Gasteiger partial charge is 0.325 e. The van der Waals surface area contributed by atoms with Crippen LogP contribution in [-0.2, 0) is 9.59 Å². The molecule has 1 spiro atoms. The van der Waals surface area contributed by atoms with E-state index in [2.05, 4.69) is 31.1 Å². The number of carbonyl (C=O) groups excluding carboxylic acids is 3. The predicted molar refractivity (Wildman–Crippen MR) is 124 cm³/mol. The molecule has 2 aliphatic heterocycles. The van der Waals surface area contributed by atoms with Gasteiger partial charge in [0.15, 0.2) is 0 Å². The molecule has 1 aromatic heterocycles. The normalized spacial score (nSPS) is 25.6. The van der Waals surface area contributed by atoms with Crippen LogP contribution in [0.2, 0.25) is 0 Å². The van der Waals surface area contributed by atoms with Crippen molar-refractivity contribution in [3.63, 3.8) is 0 Å². The van der Waals surface area contributed by atoms with Crippen molar-refractivity contribution in [3.8, 4) is 0 Å². The van der Waals surface area contributed by atoms with Gasteiger partial charge in [-0.3, -0.25) is 24.6 Å². The molecular weight excluding hydrogens is 440 g/mol. The topological polar surface area (TPSA) is 129 Å². The first-order valence-electron chi connectivity index (χ1n) is 11.8. The molecule has 1 saturated carbocycles. The van der Waals surface area contributed by atoms with E-state index in [1.807, 2.05) is 4.90 Å². The number of amides is 4. The van der Waals surface area contributed by atoms with Crippen molar-refractivity contribution in [2.75, 3.05) is 37.6 Å². The van der Waals surface area contributed by atoms with Gasteiger partial charge in [0.05, 0.1) is 4.92 Å². The summed E-state index contributed by atoms with van der Waals surface area (Å²) in [7, 11) is 0. The monoisotopic (exact) mass is 472 g/mol. The zero-order valence-electron chi connectivity index (χ0n) is 20.0. The van der Waals surface area contributed by atoms with Crippen LogP contribution >= 0.6 is 0 Å². The van der Waals surface area contributed by atoms with E-state index in [4.69, 9.17) is 0 Å². The molecule has 3 heterocycles. The first-order chi connectivity index (χ1) is 16.0. The number of carbonyl (C=O) groups is 3. The molecule has 2 saturated heterocycles. The molecule has 11 heteroatoms. The number of pyridine rings is 1. The molecule has 0 atom stereocenters. The summed E-state index contributed by atoms with van der Waals surface area (Å²) < 4.78 is 0. The van der Waals surface area contributed by atoms with E-state index in [1.165, 1.54) is 12.3 Å². The Morgan fingerprint density at radius 1 is 1.18 bits per heavy atom. The van der Waals surface area contributed by atoms with Gasteiger partial charge >= 0.3 is 6.03 Å². The molecule has 11 nitrogen and oxygen atoms in total. The summed E-state index contributed by atoms with van der Waals surface area (Å²) in [6.07, 6.45) is 4.16. The zero-order chi connectivity index (χ0) is 24.7. The van der Waals surface area contributed by atoms with Crippen LogP contribution in [0.15, 0.2) is 18.3 Å². The van der Waals surface area contributed by atoms with Crippen molar-refractivity contribution in [1.29, 1.82) is 0 Å². The standard InChI is InChI=1S/C23H32N6O5/c1-22(2,3)16-6-8-23(9-7-16)20(31)28(21(32)25-23)15-19(30)27-12-10-26(11-13-27)18-5-4-17(14-24-18)29(33)34/h4-5,14,16H,6-13,15H2,1-3H3,(H,25,32). The molecule has 0 radical (unpaired) electrons. The minimum Gasteiger partial charge on any atom is -0.353 e. The van der Waals surface area contributed by atoms with Gasteiger partial charge in [0, 0.05) is 32.2 Å². The molecule has 1 aliphatic carbocycles. The van der Waals surface area contributed by atoms with E-state index >= 15 is 0 Å². The molecule has 1 aromatic rings. The highest BCUT2D eigenvalue weighted by Crippen LogP contribution is 2.43. The average molecular weight is 473 g/mol. The highest BCUT2D eigenvalue weighted by molar-refractivity contribution is 6.09. The lowest BCUT2D eigenvalue weighted by atomic mass is 9.67. The number of hydrogen-bond acceptors (Lipinski definition) is 7. The molecule has 0 aromatic carbocycles. The first-order valence-corrected chi connectivity index (χ1v) is 11.8. The molecular formula is C23H32N6O5. The van der Waals surface area contributed by atoms with Gasteiger partial charge in [-0.2, -0.15) is 0 Å². The van der Waals surface area contributed by atoms with E-state index < -0.39 is 16.5 Å². The highest BCUT2D eigenvalue weighted by Gasteiger charge is 2.53. The summed E-state index contributed by atoms with van der Waals surface area (Å²) in [4.78, 5) is 57.8. The van der Waals surface area contributed by atoms with Crippen LogP contribution in [0.1, 0.15) is 46.5 Å². The summed E-state index contributed by atoms with van der Waals surface area (Å²) in [5.41, 5.74) is -0.787. The number of rotatable bonds is 4. The lowest BCUT2D eigenvalue weighted by Crippen LogP contribution is -2.53. The van der Waals surface area contributed by atoms with Crippen molar-refractivity contribution < 1.29 is 19.3 Å². The second kappa shape index (κ2) is 8.84. The van der Waals surface area contributed by atoms with Gasteiger partial charge in [0.1, 0.15) is 24.1 Å². The number of piperazine rings is 1. The van der Waals surface area contributed by atoms with Crippen LogP contribution in [0, 0.1) is 21.4 Å². The summed E-state index contributed by atoms with van der Waals surface area (Å²) >= 11 is 0. The number of anilines is 1. The fraction of sp³-hybridized carbons (Fsp3) is 0.652. The number of aromatic nitrogens is 1. The quantitative estimate of drug-likeness (QED) is 0.404. The first kappa shape index (κ1) is 23.9. The van der Waals surface area contributed by atoms with Crippen LogP contribution in [0.5, 0.6) is 0 Å². The maximum absolute atomic E-state index is 13.2. The van der Waals surface area contributed by atoms with Gasteiger partial charge in [0.25, 0.3) is 11.6 Å². The van der Waals surface area contributed by atoms with E-state index in [-0.39, 0.29) is 29.5 Å². The van der Waals surface area contributed by atoms with Gasteiger partial charge in [-0.05, 0) is 43.1 Å². The van der Waals surface area contributed by atoms with Crippen LogP contribution in [0.4, 0.5) is 16.3 Å². The van der Waals surface area contributed by atoms with Crippen LogP contribution in [-0.4, -0.2) is 75.8 Å². The Morgan fingerprint density at radius 3 is 2.35 bits per heavy atom. The van der Waals surface area contributed by atoms with Crippen molar-refractivity contribution in [2.45, 2.75) is 52.0 Å². The van der Waals surface area contributed by atoms with E-state index in [0.717, 1.165) is 17.7 Å². The van der Waals surface area contributed by atoms with E-state index in [9.17, 15) is 24.5 Å². The minimum absolute atomic E-state index is 0.0733. The minimum atomic E-state index is -0.876. The third-order valence-corrected chi connectivity index (χ3v) is 7.50.